The molecule has 0 spiro atoms. The summed E-state index contributed by atoms with van der Waals surface area (Å²) in [5, 5.41) is 2.90. The summed E-state index contributed by atoms with van der Waals surface area (Å²) in [5.74, 6) is 1.92. The maximum absolute atomic E-state index is 13.2. The molecule has 0 radical (unpaired) electrons. The van der Waals surface area contributed by atoms with Crippen LogP contribution in [-0.2, 0) is 10.2 Å². The molecule has 1 saturated heterocycles. The first kappa shape index (κ1) is 26.0. The van der Waals surface area contributed by atoms with Crippen molar-refractivity contribution in [3.05, 3.63) is 71.0 Å². The van der Waals surface area contributed by atoms with Crippen LogP contribution in [-0.4, -0.2) is 41.3 Å². The summed E-state index contributed by atoms with van der Waals surface area (Å²) < 4.78 is 0. The number of hydrogen-bond acceptors (Lipinski definition) is 3. The van der Waals surface area contributed by atoms with Gasteiger partial charge < -0.3 is 10.2 Å². The van der Waals surface area contributed by atoms with Crippen LogP contribution in [0, 0.1) is 5.92 Å². The summed E-state index contributed by atoms with van der Waals surface area (Å²) in [5.41, 5.74) is 3.06. The van der Waals surface area contributed by atoms with Crippen molar-refractivity contribution in [2.75, 3.05) is 24.6 Å². The third-order valence-electron chi connectivity index (χ3n) is 5.40. The van der Waals surface area contributed by atoms with E-state index in [4.69, 9.17) is 0 Å². The third-order valence-corrected chi connectivity index (χ3v) is 6.34. The molecule has 4 nitrogen and oxygen atoms in total. The molecule has 1 unspecified atom stereocenters. The average molecular weight is 455 g/mol. The van der Waals surface area contributed by atoms with E-state index in [1.54, 1.807) is 0 Å². The number of nitrogens with zero attached hydrogens (tertiary/aromatic N) is 1. The molecule has 2 aliphatic rings. The summed E-state index contributed by atoms with van der Waals surface area (Å²) in [6.07, 6.45) is 9.09. The van der Waals surface area contributed by atoms with Gasteiger partial charge in [-0.1, -0.05) is 71.9 Å². The number of hydrogen-bond donors (Lipinski definition) is 1. The van der Waals surface area contributed by atoms with Crippen molar-refractivity contribution in [3.8, 4) is 0 Å². The second-order valence-electron chi connectivity index (χ2n) is 9.03. The molecule has 0 aromatic heterocycles. The zero-order valence-electron chi connectivity index (χ0n) is 20.4. The lowest BCUT2D eigenvalue weighted by molar-refractivity contribution is -0.127. The van der Waals surface area contributed by atoms with Crippen molar-refractivity contribution in [1.82, 2.24) is 10.2 Å². The Hall–Kier alpha value is -2.27. The standard InChI is InChI=1S/C25H32N2O2S.C2H6/c1-18-6-5-7-19(16-18)17-22(24(29)27-12-14-30-15-13-27)26-23(28)20-8-10-21(11-9-20)25(2,3)4;1-2/h5,7-11,16-18H,6,12-15H2,1-4H3,(H,26,28);1-2H3/b22-17+;. The molecule has 1 aromatic rings. The lowest BCUT2D eigenvalue weighted by Crippen LogP contribution is -2.42. The first-order chi connectivity index (χ1) is 15.2. The van der Waals surface area contributed by atoms with E-state index in [0.29, 0.717) is 30.3 Å². The number of nitrogens with one attached hydrogen (secondary N) is 1. The minimum atomic E-state index is -0.255. The first-order valence-electron chi connectivity index (χ1n) is 11.6. The SMILES string of the molecule is CC.CC1C=C(/C=C(/NC(=O)c2ccc(C(C)(C)C)cc2)C(=O)N2CCSCC2)C=CC1. The molecule has 1 heterocycles. The van der Waals surface area contributed by atoms with Crippen molar-refractivity contribution >= 4 is 23.6 Å². The van der Waals surface area contributed by atoms with Crippen molar-refractivity contribution in [3.63, 3.8) is 0 Å². The number of allylic oxidation sites excluding steroid dienone is 5. The normalized spacial score (nSPS) is 18.9. The van der Waals surface area contributed by atoms with Crippen LogP contribution in [0.15, 0.2) is 59.8 Å². The van der Waals surface area contributed by atoms with E-state index in [9.17, 15) is 9.59 Å². The second-order valence-corrected chi connectivity index (χ2v) is 10.3. The van der Waals surface area contributed by atoms with Crippen molar-refractivity contribution < 1.29 is 9.59 Å². The minimum absolute atomic E-state index is 0.0266. The van der Waals surface area contributed by atoms with Gasteiger partial charge in [-0.15, -0.1) is 0 Å². The van der Waals surface area contributed by atoms with Gasteiger partial charge in [0.05, 0.1) is 0 Å². The molecule has 1 atom stereocenters. The number of rotatable bonds is 4. The van der Waals surface area contributed by atoms with Gasteiger partial charge in [-0.25, -0.2) is 0 Å². The summed E-state index contributed by atoms with van der Waals surface area (Å²) in [6, 6.07) is 7.63. The van der Waals surface area contributed by atoms with Crippen LogP contribution < -0.4 is 5.32 Å². The van der Waals surface area contributed by atoms with Gasteiger partial charge in [-0.2, -0.15) is 11.8 Å². The average Bonchev–Trinajstić information content (AvgIpc) is 2.79. The summed E-state index contributed by atoms with van der Waals surface area (Å²) >= 11 is 1.85. The number of carbonyl (C=O) groups excluding carboxylic acids is 2. The van der Waals surface area contributed by atoms with Gasteiger partial charge in [0.1, 0.15) is 5.70 Å². The van der Waals surface area contributed by atoms with Crippen LogP contribution in [0.3, 0.4) is 0 Å². The Labute approximate surface area is 198 Å². The third kappa shape index (κ3) is 7.40. The summed E-state index contributed by atoms with van der Waals surface area (Å²) in [6.45, 7) is 14.0. The quantitative estimate of drug-likeness (QED) is 0.592. The maximum Gasteiger partial charge on any atom is 0.270 e. The Morgan fingerprint density at radius 2 is 1.72 bits per heavy atom. The fourth-order valence-electron chi connectivity index (χ4n) is 3.54. The largest absolute Gasteiger partial charge is 0.336 e. The van der Waals surface area contributed by atoms with E-state index in [-0.39, 0.29) is 17.2 Å². The Kier molecular flexibility index (Phi) is 9.83. The van der Waals surface area contributed by atoms with Gasteiger partial charge in [0.25, 0.3) is 11.8 Å². The van der Waals surface area contributed by atoms with E-state index in [2.05, 4.69) is 45.2 Å². The van der Waals surface area contributed by atoms with E-state index in [1.807, 2.05) is 66.9 Å². The van der Waals surface area contributed by atoms with Gasteiger partial charge in [0, 0.05) is 30.2 Å². The van der Waals surface area contributed by atoms with E-state index in [0.717, 1.165) is 23.5 Å². The molecule has 0 saturated carbocycles. The van der Waals surface area contributed by atoms with E-state index < -0.39 is 0 Å². The highest BCUT2D eigenvalue weighted by Gasteiger charge is 2.23. The second kappa shape index (κ2) is 12.1. The maximum atomic E-state index is 13.2. The molecule has 32 heavy (non-hydrogen) atoms. The summed E-state index contributed by atoms with van der Waals surface area (Å²) in [4.78, 5) is 28.0. The van der Waals surface area contributed by atoms with Crippen LogP contribution in [0.1, 0.15) is 63.9 Å². The molecule has 1 fully saturated rings. The minimum Gasteiger partial charge on any atom is -0.336 e. The topological polar surface area (TPSA) is 49.4 Å². The van der Waals surface area contributed by atoms with Crippen molar-refractivity contribution in [2.24, 2.45) is 5.92 Å². The molecule has 1 aliphatic heterocycles. The lowest BCUT2D eigenvalue weighted by atomic mass is 9.86. The van der Waals surface area contributed by atoms with Crippen molar-refractivity contribution in [1.29, 1.82) is 0 Å². The number of amides is 2. The van der Waals surface area contributed by atoms with Gasteiger partial charge >= 0.3 is 0 Å². The predicted molar refractivity (Wildman–Crippen MR) is 137 cm³/mol. The number of benzene rings is 1. The zero-order chi connectivity index (χ0) is 23.7. The van der Waals surface area contributed by atoms with Gasteiger partial charge in [-0.05, 0) is 47.1 Å². The summed E-state index contributed by atoms with van der Waals surface area (Å²) in [7, 11) is 0. The van der Waals surface area contributed by atoms with Crippen LogP contribution in [0.25, 0.3) is 0 Å². The van der Waals surface area contributed by atoms with E-state index >= 15 is 0 Å². The predicted octanol–water partition coefficient (Wildman–Crippen LogP) is 5.72. The fourth-order valence-corrected chi connectivity index (χ4v) is 4.44. The highest BCUT2D eigenvalue weighted by atomic mass is 32.2. The molecule has 1 N–H and O–H groups in total. The van der Waals surface area contributed by atoms with Crippen LogP contribution in [0.5, 0.6) is 0 Å². The molecular weight excluding hydrogens is 416 g/mol. The first-order valence-corrected chi connectivity index (χ1v) is 12.8. The fraction of sp³-hybridized carbons (Fsp3) is 0.481. The Morgan fingerprint density at radius 1 is 1.09 bits per heavy atom. The lowest BCUT2D eigenvalue weighted by Gasteiger charge is -2.27. The van der Waals surface area contributed by atoms with Crippen LogP contribution in [0.4, 0.5) is 0 Å². The molecule has 0 bridgehead atoms. The molecule has 1 aliphatic carbocycles. The van der Waals surface area contributed by atoms with E-state index in [1.165, 1.54) is 5.56 Å². The van der Waals surface area contributed by atoms with Crippen LogP contribution in [0.2, 0.25) is 0 Å². The van der Waals surface area contributed by atoms with Gasteiger partial charge in [-0.3, -0.25) is 9.59 Å². The molecule has 3 rings (SSSR count). The number of carbonyl (C=O) groups is 2. The zero-order valence-corrected chi connectivity index (χ0v) is 21.2. The highest BCUT2D eigenvalue weighted by molar-refractivity contribution is 7.99. The van der Waals surface area contributed by atoms with Gasteiger partial charge in [0.15, 0.2) is 0 Å². The Balaban J connectivity index is 0.00000176. The molecule has 1 aromatic carbocycles. The Morgan fingerprint density at radius 3 is 2.28 bits per heavy atom. The van der Waals surface area contributed by atoms with Gasteiger partial charge in [0.2, 0.25) is 0 Å². The number of thioether (sulfide) groups is 1. The Bertz CT molecular complexity index is 870. The molecular formula is C27H38N2O2S. The molecule has 174 valence electrons. The smallest absolute Gasteiger partial charge is 0.270 e. The highest BCUT2D eigenvalue weighted by Crippen LogP contribution is 2.23. The molecule has 2 amide bonds. The monoisotopic (exact) mass is 454 g/mol. The molecule has 5 heteroatoms. The van der Waals surface area contributed by atoms with Crippen molar-refractivity contribution in [2.45, 2.75) is 53.4 Å². The van der Waals surface area contributed by atoms with Crippen LogP contribution >= 0.6 is 11.8 Å².